The molecule has 0 radical (unpaired) electrons. The highest BCUT2D eigenvalue weighted by molar-refractivity contribution is 5.56. The third-order valence-electron chi connectivity index (χ3n) is 2.74. The molecule has 0 saturated carbocycles. The first-order chi connectivity index (χ1) is 8.06. The average molecular weight is 228 g/mol. The molecule has 0 spiro atoms. The van der Waals surface area contributed by atoms with E-state index >= 15 is 0 Å². The lowest BCUT2D eigenvalue weighted by Crippen LogP contribution is -2.04. The van der Waals surface area contributed by atoms with Gasteiger partial charge in [-0.1, -0.05) is 23.8 Å². The van der Waals surface area contributed by atoms with Crippen molar-refractivity contribution in [2.24, 2.45) is 0 Å². The van der Waals surface area contributed by atoms with Crippen molar-refractivity contribution in [1.29, 1.82) is 0 Å². The molecule has 0 atom stereocenters. The van der Waals surface area contributed by atoms with Gasteiger partial charge >= 0.3 is 0 Å². The molecule has 0 unspecified atom stereocenters. The number of benzene rings is 1. The smallest absolute Gasteiger partial charge is 0.150 e. The van der Waals surface area contributed by atoms with Gasteiger partial charge < -0.3 is 11.5 Å². The maximum absolute atomic E-state index is 5.66. The van der Waals surface area contributed by atoms with Crippen molar-refractivity contribution in [1.82, 2.24) is 9.97 Å². The molecule has 2 rings (SSSR count). The Morgan fingerprint density at radius 2 is 1.94 bits per heavy atom. The predicted octanol–water partition coefficient (Wildman–Crippen LogP) is 1.85. The van der Waals surface area contributed by atoms with Crippen molar-refractivity contribution in [3.8, 4) is 0 Å². The van der Waals surface area contributed by atoms with Gasteiger partial charge in [-0.05, 0) is 25.0 Å². The fourth-order valence-corrected chi connectivity index (χ4v) is 1.74. The highest BCUT2D eigenvalue weighted by Gasteiger charge is 2.05. The Morgan fingerprint density at radius 1 is 1.18 bits per heavy atom. The second-order valence-electron chi connectivity index (χ2n) is 4.23. The summed E-state index contributed by atoms with van der Waals surface area (Å²) in [6.07, 6.45) is 2.23. The van der Waals surface area contributed by atoms with Gasteiger partial charge in [0.15, 0.2) is 0 Å². The van der Waals surface area contributed by atoms with Crippen LogP contribution in [0.4, 0.5) is 11.5 Å². The van der Waals surface area contributed by atoms with Crippen molar-refractivity contribution >= 4 is 11.5 Å². The number of nitrogens with two attached hydrogens (primary N) is 2. The number of aromatic nitrogens is 2. The molecule has 88 valence electrons. The van der Waals surface area contributed by atoms with Crippen molar-refractivity contribution in [2.75, 3.05) is 11.5 Å². The van der Waals surface area contributed by atoms with Gasteiger partial charge in [-0.15, -0.1) is 0 Å². The molecule has 0 aliphatic carbocycles. The van der Waals surface area contributed by atoms with E-state index < -0.39 is 0 Å². The zero-order chi connectivity index (χ0) is 12.4. The molecule has 0 fully saturated rings. The Kier molecular flexibility index (Phi) is 2.95. The van der Waals surface area contributed by atoms with Crippen LogP contribution in [0.5, 0.6) is 0 Å². The topological polar surface area (TPSA) is 77.8 Å². The van der Waals surface area contributed by atoms with Gasteiger partial charge in [-0.2, -0.15) is 0 Å². The Labute approximate surface area is 101 Å². The zero-order valence-electron chi connectivity index (χ0n) is 10.1. The molecule has 0 amide bonds. The normalized spacial score (nSPS) is 10.5. The molecule has 0 aliphatic rings. The Morgan fingerprint density at radius 3 is 2.59 bits per heavy atom. The third-order valence-corrected chi connectivity index (χ3v) is 2.74. The summed E-state index contributed by atoms with van der Waals surface area (Å²) < 4.78 is 0. The van der Waals surface area contributed by atoms with E-state index in [1.165, 1.54) is 16.7 Å². The van der Waals surface area contributed by atoms with Crippen LogP contribution in [-0.4, -0.2) is 9.97 Å². The first-order valence-corrected chi connectivity index (χ1v) is 5.49. The molecule has 1 heterocycles. The fraction of sp³-hybridized carbons (Fsp3) is 0.231. The maximum Gasteiger partial charge on any atom is 0.150 e. The minimum atomic E-state index is 0.347. The molecular weight excluding hydrogens is 212 g/mol. The molecular formula is C13H16N4. The Bertz CT molecular complexity index is 549. The molecule has 4 heteroatoms. The molecule has 0 saturated heterocycles. The van der Waals surface area contributed by atoms with Gasteiger partial charge in [0.05, 0.1) is 11.9 Å². The molecule has 1 aromatic carbocycles. The van der Waals surface area contributed by atoms with E-state index in [1.807, 2.05) is 0 Å². The second-order valence-corrected chi connectivity index (χ2v) is 4.23. The van der Waals surface area contributed by atoms with E-state index in [1.54, 1.807) is 6.20 Å². The maximum atomic E-state index is 5.66. The lowest BCUT2D eigenvalue weighted by atomic mass is 10.0. The van der Waals surface area contributed by atoms with E-state index in [-0.39, 0.29) is 0 Å². The largest absolute Gasteiger partial charge is 0.394 e. The first kappa shape index (κ1) is 11.4. The molecule has 0 aliphatic heterocycles. The van der Waals surface area contributed by atoms with Crippen LogP contribution in [0.3, 0.4) is 0 Å². The summed E-state index contributed by atoms with van der Waals surface area (Å²) in [5, 5.41) is 0. The van der Waals surface area contributed by atoms with Crippen LogP contribution >= 0.6 is 0 Å². The van der Waals surface area contributed by atoms with E-state index in [0.29, 0.717) is 23.8 Å². The number of rotatable bonds is 2. The van der Waals surface area contributed by atoms with Gasteiger partial charge in [0.2, 0.25) is 0 Å². The lowest BCUT2D eigenvalue weighted by molar-refractivity contribution is 0.968. The van der Waals surface area contributed by atoms with E-state index in [0.717, 1.165) is 0 Å². The quantitative estimate of drug-likeness (QED) is 0.822. The lowest BCUT2D eigenvalue weighted by Gasteiger charge is -2.07. The summed E-state index contributed by atoms with van der Waals surface area (Å²) >= 11 is 0. The van der Waals surface area contributed by atoms with Gasteiger partial charge in [0, 0.05) is 6.42 Å². The van der Waals surface area contributed by atoms with Crippen molar-refractivity contribution < 1.29 is 0 Å². The van der Waals surface area contributed by atoms with Crippen LogP contribution < -0.4 is 11.5 Å². The van der Waals surface area contributed by atoms with Crippen LogP contribution in [0.15, 0.2) is 24.4 Å². The summed E-state index contributed by atoms with van der Waals surface area (Å²) in [7, 11) is 0. The number of hydrogen-bond donors (Lipinski definition) is 2. The molecule has 17 heavy (non-hydrogen) atoms. The predicted molar refractivity (Wildman–Crippen MR) is 69.6 cm³/mol. The van der Waals surface area contributed by atoms with Crippen molar-refractivity contribution in [3.63, 3.8) is 0 Å². The third kappa shape index (κ3) is 2.53. The molecule has 2 aromatic rings. The number of aryl methyl sites for hydroxylation is 2. The summed E-state index contributed by atoms with van der Waals surface area (Å²) in [5.41, 5.74) is 15.4. The van der Waals surface area contributed by atoms with E-state index in [4.69, 9.17) is 11.5 Å². The van der Waals surface area contributed by atoms with Crippen molar-refractivity contribution in [3.05, 3.63) is 46.9 Å². The van der Waals surface area contributed by atoms with Gasteiger partial charge in [-0.25, -0.2) is 9.97 Å². The van der Waals surface area contributed by atoms with Gasteiger partial charge in [-0.3, -0.25) is 0 Å². The van der Waals surface area contributed by atoms with Crippen molar-refractivity contribution in [2.45, 2.75) is 20.3 Å². The van der Waals surface area contributed by atoms with Crippen LogP contribution in [-0.2, 0) is 6.42 Å². The standard InChI is InChI=1S/C13H16N4/c1-8-3-4-10(9(2)5-8)6-12-16-7-11(14)13(15)17-12/h3-5,7H,6,14H2,1-2H3,(H2,15,16,17). The summed E-state index contributed by atoms with van der Waals surface area (Å²) in [6.45, 7) is 4.16. The minimum absolute atomic E-state index is 0.347. The highest BCUT2D eigenvalue weighted by atomic mass is 15.0. The number of nitrogen functional groups attached to an aromatic ring is 2. The molecule has 1 aromatic heterocycles. The molecule has 4 nitrogen and oxygen atoms in total. The van der Waals surface area contributed by atoms with Crippen LogP contribution in [0.25, 0.3) is 0 Å². The van der Waals surface area contributed by atoms with Gasteiger partial charge in [0.1, 0.15) is 11.6 Å². The van der Waals surface area contributed by atoms with E-state index in [2.05, 4.69) is 42.0 Å². The first-order valence-electron chi connectivity index (χ1n) is 5.49. The van der Waals surface area contributed by atoms with Crippen LogP contribution in [0.2, 0.25) is 0 Å². The average Bonchev–Trinajstić information content (AvgIpc) is 2.27. The Hall–Kier alpha value is -2.10. The second kappa shape index (κ2) is 4.41. The zero-order valence-corrected chi connectivity index (χ0v) is 10.1. The number of anilines is 2. The monoisotopic (exact) mass is 228 g/mol. The van der Waals surface area contributed by atoms with Crippen LogP contribution in [0.1, 0.15) is 22.5 Å². The molecule has 0 bridgehead atoms. The Balaban J connectivity index is 2.28. The summed E-state index contributed by atoms with van der Waals surface area (Å²) in [5.74, 6) is 1.04. The SMILES string of the molecule is Cc1ccc(Cc2ncc(N)c(N)n2)c(C)c1. The fourth-order valence-electron chi connectivity index (χ4n) is 1.74. The highest BCUT2D eigenvalue weighted by Crippen LogP contribution is 2.15. The van der Waals surface area contributed by atoms with E-state index in [9.17, 15) is 0 Å². The number of hydrogen-bond acceptors (Lipinski definition) is 4. The van der Waals surface area contributed by atoms with Gasteiger partial charge in [0.25, 0.3) is 0 Å². The summed E-state index contributed by atoms with van der Waals surface area (Å²) in [6, 6.07) is 6.33. The summed E-state index contributed by atoms with van der Waals surface area (Å²) in [4.78, 5) is 8.36. The van der Waals surface area contributed by atoms with Crippen LogP contribution in [0, 0.1) is 13.8 Å². The number of nitrogens with zero attached hydrogens (tertiary/aromatic N) is 2. The minimum Gasteiger partial charge on any atom is -0.394 e. The molecule has 4 N–H and O–H groups in total.